The number of aliphatic hydroxyl groups excluding tert-OH is 1. The van der Waals surface area contributed by atoms with Gasteiger partial charge in [0.25, 0.3) is 0 Å². The molecule has 0 radical (unpaired) electrons. The Morgan fingerprint density at radius 1 is 0.903 bits per heavy atom. The van der Waals surface area contributed by atoms with Crippen LogP contribution in [-0.4, -0.2) is 22.4 Å². The lowest BCUT2D eigenvalue weighted by atomic mass is 9.43. The summed E-state index contributed by atoms with van der Waals surface area (Å²) in [5, 5.41) is 10.4. The average molecular weight is 429 g/mol. The van der Waals surface area contributed by atoms with E-state index >= 15 is 0 Å². The number of aliphatic hydroxyl groups is 1. The standard InChI is InChI=1S/C28H44O3/c1-18(2)19(3)7-8-20(4)22-9-10-23-25(22,5)13-12-24-26(6)14-11-21(29)17-27(26)15-16-28(23,24)31-30-27/h7-8,15-16,18-24,29H,9-14,17H2,1-6H3/b8-7+/t19-,20-,21+,22-,23-,24-,25-,26-,27-,28+/m1/s1. The van der Waals surface area contributed by atoms with Crippen molar-refractivity contribution in [1.82, 2.24) is 0 Å². The molecule has 4 aliphatic carbocycles. The van der Waals surface area contributed by atoms with E-state index in [0.717, 1.165) is 12.8 Å². The van der Waals surface area contributed by atoms with Crippen LogP contribution in [0.5, 0.6) is 0 Å². The Labute approximate surface area is 189 Å². The highest BCUT2D eigenvalue weighted by Crippen LogP contribution is 2.72. The van der Waals surface area contributed by atoms with E-state index in [0.29, 0.717) is 41.9 Å². The van der Waals surface area contributed by atoms with Gasteiger partial charge in [0.15, 0.2) is 0 Å². The molecular weight excluding hydrogens is 384 g/mol. The summed E-state index contributed by atoms with van der Waals surface area (Å²) in [5.41, 5.74) is -0.366. The molecule has 4 fully saturated rings. The molecule has 3 nitrogen and oxygen atoms in total. The first-order chi connectivity index (χ1) is 14.6. The second-order valence-corrected chi connectivity index (χ2v) is 12.7. The fraction of sp³-hybridized carbons (Fsp3) is 0.857. The normalized spacial score (nSPS) is 52.8. The SMILES string of the molecule is CC(C)[C@H](C)/C=C/[C@@H](C)[C@H]1CC[C@@H]2[C@]1(C)CC[C@H]1[C@]23C=C[C@]2(C[C@@H](O)CC[C@]12C)OO3. The minimum absolute atomic E-state index is 0.0663. The molecule has 2 bridgehead atoms. The van der Waals surface area contributed by atoms with Crippen molar-refractivity contribution in [1.29, 1.82) is 0 Å². The summed E-state index contributed by atoms with van der Waals surface area (Å²) in [6, 6.07) is 0. The van der Waals surface area contributed by atoms with E-state index in [2.05, 4.69) is 65.8 Å². The van der Waals surface area contributed by atoms with Gasteiger partial charge in [0.05, 0.1) is 6.10 Å². The Bertz CT molecular complexity index is 772. The monoisotopic (exact) mass is 428 g/mol. The van der Waals surface area contributed by atoms with Gasteiger partial charge >= 0.3 is 0 Å². The molecule has 10 atom stereocenters. The van der Waals surface area contributed by atoms with Crippen molar-refractivity contribution in [2.45, 2.75) is 104 Å². The summed E-state index contributed by atoms with van der Waals surface area (Å²) in [6.07, 6.45) is 17.0. The van der Waals surface area contributed by atoms with Gasteiger partial charge in [0, 0.05) is 23.7 Å². The lowest BCUT2D eigenvalue weighted by molar-refractivity contribution is -0.497. The van der Waals surface area contributed by atoms with Gasteiger partial charge in [0.2, 0.25) is 0 Å². The number of fused-ring (bicyclic) bond motifs is 2. The Morgan fingerprint density at radius 3 is 2.35 bits per heavy atom. The maximum Gasteiger partial charge on any atom is 0.130 e. The van der Waals surface area contributed by atoms with E-state index < -0.39 is 5.60 Å². The molecular formula is C28H44O3. The van der Waals surface area contributed by atoms with Crippen LogP contribution in [0, 0.1) is 46.3 Å². The predicted octanol–water partition coefficient (Wildman–Crippen LogP) is 6.47. The fourth-order valence-corrected chi connectivity index (χ4v) is 8.71. The number of allylic oxidation sites excluding steroid dienone is 2. The van der Waals surface area contributed by atoms with Crippen molar-refractivity contribution in [3.05, 3.63) is 24.3 Å². The van der Waals surface area contributed by atoms with Crippen molar-refractivity contribution in [2.75, 3.05) is 0 Å². The zero-order chi connectivity index (χ0) is 22.2. The molecule has 0 unspecified atom stereocenters. The average Bonchev–Trinajstić information content (AvgIpc) is 3.09. The topological polar surface area (TPSA) is 38.7 Å². The van der Waals surface area contributed by atoms with Crippen LogP contribution < -0.4 is 0 Å². The van der Waals surface area contributed by atoms with E-state index in [1.807, 2.05) is 0 Å². The summed E-state index contributed by atoms with van der Waals surface area (Å²) in [5.74, 6) is 3.64. The number of rotatable bonds is 4. The number of hydrogen-bond acceptors (Lipinski definition) is 3. The van der Waals surface area contributed by atoms with E-state index in [1.54, 1.807) is 0 Å². The summed E-state index contributed by atoms with van der Waals surface area (Å²) >= 11 is 0. The Kier molecular flexibility index (Phi) is 5.13. The molecule has 1 N–H and O–H groups in total. The van der Waals surface area contributed by atoms with Gasteiger partial charge in [-0.15, -0.1) is 0 Å². The van der Waals surface area contributed by atoms with Gasteiger partial charge < -0.3 is 5.11 Å². The molecule has 0 aromatic rings. The van der Waals surface area contributed by atoms with Crippen LogP contribution in [0.3, 0.4) is 0 Å². The van der Waals surface area contributed by atoms with E-state index in [9.17, 15) is 5.11 Å². The summed E-state index contributed by atoms with van der Waals surface area (Å²) in [7, 11) is 0. The minimum atomic E-state index is -0.439. The van der Waals surface area contributed by atoms with Crippen molar-refractivity contribution in [2.24, 2.45) is 46.3 Å². The van der Waals surface area contributed by atoms with Crippen LogP contribution in [0.4, 0.5) is 0 Å². The van der Waals surface area contributed by atoms with Crippen molar-refractivity contribution in [3.63, 3.8) is 0 Å². The Morgan fingerprint density at radius 2 is 1.68 bits per heavy atom. The zero-order valence-corrected chi connectivity index (χ0v) is 20.6. The number of hydrogen-bond donors (Lipinski definition) is 1. The van der Waals surface area contributed by atoms with Crippen LogP contribution >= 0.6 is 0 Å². The third-order valence-electron chi connectivity index (χ3n) is 11.1. The summed E-state index contributed by atoms with van der Waals surface area (Å²) in [4.78, 5) is 12.8. The minimum Gasteiger partial charge on any atom is -0.393 e. The van der Waals surface area contributed by atoms with Crippen LogP contribution in [0.2, 0.25) is 0 Å². The van der Waals surface area contributed by atoms with Gasteiger partial charge in [-0.3, -0.25) is 0 Å². The Balaban J connectivity index is 1.45. The smallest absolute Gasteiger partial charge is 0.130 e. The van der Waals surface area contributed by atoms with Gasteiger partial charge in [0.1, 0.15) is 11.2 Å². The van der Waals surface area contributed by atoms with Crippen LogP contribution in [0.1, 0.15) is 86.5 Å². The Hall–Kier alpha value is -0.640. The van der Waals surface area contributed by atoms with Crippen molar-refractivity contribution < 1.29 is 14.9 Å². The highest BCUT2D eigenvalue weighted by molar-refractivity contribution is 5.33. The van der Waals surface area contributed by atoms with Gasteiger partial charge in [-0.25, -0.2) is 9.78 Å². The van der Waals surface area contributed by atoms with Crippen LogP contribution in [-0.2, 0) is 9.78 Å². The lowest BCUT2D eigenvalue weighted by Gasteiger charge is -2.69. The van der Waals surface area contributed by atoms with E-state index in [1.165, 1.54) is 25.7 Å². The first-order valence-corrected chi connectivity index (χ1v) is 13.0. The third kappa shape index (κ3) is 2.88. The molecule has 3 saturated carbocycles. The summed E-state index contributed by atoms with van der Waals surface area (Å²) in [6.45, 7) is 14.4. The first kappa shape index (κ1) is 22.2. The molecule has 1 saturated heterocycles. The molecule has 6 rings (SSSR count). The van der Waals surface area contributed by atoms with E-state index in [-0.39, 0.29) is 22.5 Å². The maximum absolute atomic E-state index is 10.4. The van der Waals surface area contributed by atoms with E-state index in [4.69, 9.17) is 9.78 Å². The first-order valence-electron chi connectivity index (χ1n) is 13.0. The van der Waals surface area contributed by atoms with Crippen LogP contribution in [0.25, 0.3) is 0 Å². The molecule has 3 heteroatoms. The molecule has 0 amide bonds. The molecule has 0 aromatic carbocycles. The van der Waals surface area contributed by atoms with Gasteiger partial charge in [-0.05, 0) is 73.7 Å². The van der Waals surface area contributed by atoms with Crippen molar-refractivity contribution >= 4 is 0 Å². The van der Waals surface area contributed by atoms with Gasteiger partial charge in [-0.1, -0.05) is 59.8 Å². The zero-order valence-electron chi connectivity index (χ0n) is 20.6. The third-order valence-corrected chi connectivity index (χ3v) is 11.1. The summed E-state index contributed by atoms with van der Waals surface area (Å²) < 4.78 is 0. The molecule has 6 aliphatic rings. The molecule has 0 aromatic heterocycles. The highest BCUT2D eigenvalue weighted by Gasteiger charge is 2.74. The van der Waals surface area contributed by atoms with Crippen LogP contribution in [0.15, 0.2) is 24.3 Å². The molecule has 2 heterocycles. The van der Waals surface area contributed by atoms with Gasteiger partial charge in [-0.2, -0.15) is 0 Å². The largest absolute Gasteiger partial charge is 0.393 e. The lowest BCUT2D eigenvalue weighted by Crippen LogP contribution is -2.73. The quantitative estimate of drug-likeness (QED) is 0.412. The second-order valence-electron chi connectivity index (χ2n) is 12.7. The molecule has 174 valence electrons. The predicted molar refractivity (Wildman–Crippen MR) is 124 cm³/mol. The fourth-order valence-electron chi connectivity index (χ4n) is 8.71. The molecule has 2 spiro atoms. The molecule has 2 aliphatic heterocycles. The second kappa shape index (κ2) is 7.18. The highest BCUT2D eigenvalue weighted by atomic mass is 17.2. The molecule has 31 heavy (non-hydrogen) atoms. The maximum atomic E-state index is 10.4. The van der Waals surface area contributed by atoms with Crippen molar-refractivity contribution in [3.8, 4) is 0 Å².